The normalized spacial score (nSPS) is 16.4. The molecule has 0 bridgehead atoms. The monoisotopic (exact) mass is 513 g/mol. The van der Waals surface area contributed by atoms with Crippen molar-refractivity contribution in [3.05, 3.63) is 51.7 Å². The first kappa shape index (κ1) is 28.0. The minimum Gasteiger partial charge on any atom is -0.491 e. The molecule has 2 heterocycles. The number of fused-ring (bicyclic) bond motifs is 1. The number of hydrogen-bond donors (Lipinski definition) is 1. The number of nitrogens with zero attached hydrogens (tertiary/aromatic N) is 2. The molecule has 198 valence electrons. The van der Waals surface area contributed by atoms with Crippen LogP contribution in [0.5, 0.6) is 5.75 Å². The summed E-state index contributed by atoms with van der Waals surface area (Å²) >= 11 is 1.74. The van der Waals surface area contributed by atoms with Crippen molar-refractivity contribution in [2.75, 3.05) is 26.2 Å². The maximum atomic E-state index is 13.7. The van der Waals surface area contributed by atoms with E-state index in [4.69, 9.17) is 4.74 Å². The average Bonchev–Trinajstić information content (AvgIpc) is 3.30. The molecule has 3 amide bonds. The predicted octanol–water partition coefficient (Wildman–Crippen LogP) is 6.23. The Morgan fingerprint density at radius 3 is 2.47 bits per heavy atom. The van der Waals surface area contributed by atoms with Gasteiger partial charge in [0.05, 0.1) is 6.04 Å². The van der Waals surface area contributed by atoms with E-state index in [1.165, 1.54) is 10.4 Å². The highest BCUT2D eigenvalue weighted by atomic mass is 32.1. The van der Waals surface area contributed by atoms with Gasteiger partial charge in [-0.1, -0.05) is 46.2 Å². The van der Waals surface area contributed by atoms with E-state index in [9.17, 15) is 9.59 Å². The minimum absolute atomic E-state index is 0.0389. The van der Waals surface area contributed by atoms with E-state index in [0.29, 0.717) is 31.5 Å². The van der Waals surface area contributed by atoms with Crippen LogP contribution in [0.1, 0.15) is 82.9 Å². The molecular formula is C29H43N3O3S. The fourth-order valence-electron chi connectivity index (χ4n) is 4.38. The first-order chi connectivity index (χ1) is 17.0. The van der Waals surface area contributed by atoms with Crippen molar-refractivity contribution < 1.29 is 14.3 Å². The van der Waals surface area contributed by atoms with Crippen LogP contribution in [0.4, 0.5) is 4.79 Å². The van der Waals surface area contributed by atoms with E-state index >= 15 is 0 Å². The maximum Gasteiger partial charge on any atom is 0.318 e. The summed E-state index contributed by atoms with van der Waals surface area (Å²) in [5, 5.41) is 5.12. The molecule has 1 aliphatic rings. The quantitative estimate of drug-likeness (QED) is 0.432. The number of rotatable bonds is 9. The van der Waals surface area contributed by atoms with Crippen LogP contribution in [0.3, 0.4) is 0 Å². The number of amides is 3. The fourth-order valence-corrected chi connectivity index (χ4v) is 5.31. The van der Waals surface area contributed by atoms with Gasteiger partial charge in [0.15, 0.2) is 0 Å². The van der Waals surface area contributed by atoms with Crippen molar-refractivity contribution in [2.24, 2.45) is 5.92 Å². The summed E-state index contributed by atoms with van der Waals surface area (Å²) in [6, 6.07) is 9.95. The lowest BCUT2D eigenvalue weighted by atomic mass is 10.00. The Hall–Kier alpha value is -2.54. The highest BCUT2D eigenvalue weighted by Gasteiger charge is 2.34. The smallest absolute Gasteiger partial charge is 0.318 e. The largest absolute Gasteiger partial charge is 0.491 e. The van der Waals surface area contributed by atoms with Crippen molar-refractivity contribution in [1.82, 2.24) is 15.1 Å². The first-order valence-electron chi connectivity index (χ1n) is 13.1. The summed E-state index contributed by atoms with van der Waals surface area (Å²) < 4.78 is 6.20. The molecular weight excluding hydrogens is 470 g/mol. The molecule has 3 rings (SSSR count). The Balaban J connectivity index is 1.76. The van der Waals surface area contributed by atoms with Crippen LogP contribution in [0.25, 0.3) is 0 Å². The zero-order chi connectivity index (χ0) is 26.5. The number of carbonyl (C=O) groups excluding carboxylic acids is 2. The lowest BCUT2D eigenvalue weighted by Gasteiger charge is -2.37. The van der Waals surface area contributed by atoms with Gasteiger partial charge in [-0.3, -0.25) is 4.79 Å². The molecule has 0 saturated carbocycles. The van der Waals surface area contributed by atoms with Crippen LogP contribution in [-0.4, -0.2) is 53.5 Å². The third kappa shape index (κ3) is 7.48. The Kier molecular flexibility index (Phi) is 9.45. The van der Waals surface area contributed by atoms with Gasteiger partial charge >= 0.3 is 6.03 Å². The van der Waals surface area contributed by atoms with Gasteiger partial charge in [0.2, 0.25) is 5.91 Å². The second-order valence-corrected chi connectivity index (χ2v) is 12.3. The summed E-state index contributed by atoms with van der Waals surface area (Å²) in [7, 11) is 0. The summed E-state index contributed by atoms with van der Waals surface area (Å²) in [5.74, 6) is 1.54. The summed E-state index contributed by atoms with van der Waals surface area (Å²) in [6.07, 6.45) is 1.78. The molecule has 1 aromatic heterocycles. The van der Waals surface area contributed by atoms with Gasteiger partial charge in [0, 0.05) is 23.5 Å². The SMILES string of the molecule is CC[C@H](C)CN(CC(=O)N1CCc2sccc2[C@H]1COc1ccc(C(C)C)cc1)C(=O)NC(C)(C)C. The molecule has 7 heteroatoms. The van der Waals surface area contributed by atoms with Crippen molar-refractivity contribution in [2.45, 2.75) is 78.8 Å². The van der Waals surface area contributed by atoms with E-state index in [0.717, 1.165) is 24.2 Å². The van der Waals surface area contributed by atoms with Gasteiger partial charge in [0.25, 0.3) is 0 Å². The Labute approximate surface area is 221 Å². The van der Waals surface area contributed by atoms with Crippen LogP contribution >= 0.6 is 11.3 Å². The molecule has 0 radical (unpaired) electrons. The molecule has 2 atom stereocenters. The number of thiophene rings is 1. The fraction of sp³-hybridized carbons (Fsp3) is 0.586. The molecule has 1 aromatic carbocycles. The Morgan fingerprint density at radius 1 is 1.17 bits per heavy atom. The number of nitrogens with one attached hydrogen (secondary N) is 1. The first-order valence-corrected chi connectivity index (χ1v) is 14.0. The van der Waals surface area contributed by atoms with Gasteiger partial charge in [-0.05, 0) is 73.7 Å². The van der Waals surface area contributed by atoms with Crippen LogP contribution in [0.15, 0.2) is 35.7 Å². The van der Waals surface area contributed by atoms with Gasteiger partial charge in [-0.2, -0.15) is 0 Å². The van der Waals surface area contributed by atoms with E-state index < -0.39 is 0 Å². The molecule has 0 saturated heterocycles. The maximum absolute atomic E-state index is 13.7. The van der Waals surface area contributed by atoms with Crippen molar-refractivity contribution in [3.8, 4) is 5.75 Å². The molecule has 0 fully saturated rings. The molecule has 0 aliphatic carbocycles. The topological polar surface area (TPSA) is 61.9 Å². The highest BCUT2D eigenvalue weighted by Crippen LogP contribution is 2.34. The van der Waals surface area contributed by atoms with Gasteiger partial charge in [-0.15, -0.1) is 11.3 Å². The van der Waals surface area contributed by atoms with Crippen LogP contribution < -0.4 is 10.1 Å². The number of carbonyl (C=O) groups is 2. The Morgan fingerprint density at radius 2 is 1.86 bits per heavy atom. The summed E-state index contributed by atoms with van der Waals surface area (Å²) in [5.41, 5.74) is 2.06. The van der Waals surface area contributed by atoms with Gasteiger partial charge in [-0.25, -0.2) is 4.79 Å². The third-order valence-corrected chi connectivity index (χ3v) is 7.69. The lowest BCUT2D eigenvalue weighted by molar-refractivity contribution is -0.135. The molecule has 2 aromatic rings. The summed E-state index contributed by atoms with van der Waals surface area (Å²) in [4.78, 5) is 31.6. The molecule has 0 unspecified atom stereocenters. The lowest BCUT2D eigenvalue weighted by Crippen LogP contribution is -2.53. The number of urea groups is 1. The molecule has 1 N–H and O–H groups in total. The average molecular weight is 514 g/mol. The molecule has 1 aliphatic heterocycles. The van der Waals surface area contributed by atoms with Crippen LogP contribution in [0.2, 0.25) is 0 Å². The molecule has 0 spiro atoms. The minimum atomic E-state index is -0.369. The second kappa shape index (κ2) is 12.1. The van der Waals surface area contributed by atoms with Crippen LogP contribution in [-0.2, 0) is 11.2 Å². The molecule has 6 nitrogen and oxygen atoms in total. The third-order valence-electron chi connectivity index (χ3n) is 6.69. The summed E-state index contributed by atoms with van der Waals surface area (Å²) in [6.45, 7) is 16.1. The number of ether oxygens (including phenoxy) is 1. The van der Waals surface area contributed by atoms with E-state index in [1.807, 2.05) is 37.8 Å². The van der Waals surface area contributed by atoms with Gasteiger partial charge in [0.1, 0.15) is 18.9 Å². The van der Waals surface area contributed by atoms with Crippen molar-refractivity contribution in [3.63, 3.8) is 0 Å². The molecule has 36 heavy (non-hydrogen) atoms. The predicted molar refractivity (Wildman–Crippen MR) is 148 cm³/mol. The Bertz CT molecular complexity index is 1010. The van der Waals surface area contributed by atoms with Gasteiger partial charge < -0.3 is 19.9 Å². The zero-order valence-electron chi connectivity index (χ0n) is 23.0. The second-order valence-electron chi connectivity index (χ2n) is 11.3. The van der Waals surface area contributed by atoms with E-state index in [1.54, 1.807) is 16.2 Å². The van der Waals surface area contributed by atoms with Crippen LogP contribution in [0, 0.1) is 5.92 Å². The zero-order valence-corrected chi connectivity index (χ0v) is 23.8. The standard InChI is InChI=1S/C29H43N3O3S/c1-8-21(4)17-31(28(34)30-29(5,6)7)18-27(33)32-15-13-26-24(14-16-36-26)25(32)19-35-23-11-9-22(10-12-23)20(2)3/h9-12,14,16,20-21,25H,8,13,15,17-19H2,1-7H3,(H,30,34)/t21-,25+/m0/s1. The highest BCUT2D eigenvalue weighted by molar-refractivity contribution is 7.10. The van der Waals surface area contributed by atoms with Crippen molar-refractivity contribution in [1.29, 1.82) is 0 Å². The number of hydrogen-bond acceptors (Lipinski definition) is 4. The van der Waals surface area contributed by atoms with Crippen molar-refractivity contribution >= 4 is 23.3 Å². The van der Waals surface area contributed by atoms with E-state index in [2.05, 4.69) is 56.6 Å². The van der Waals surface area contributed by atoms with E-state index in [-0.39, 0.29) is 30.1 Å². The number of benzene rings is 1.